The van der Waals surface area contributed by atoms with E-state index in [0.717, 1.165) is 12.1 Å². The van der Waals surface area contributed by atoms with Crippen molar-refractivity contribution in [1.82, 2.24) is 0 Å². The lowest BCUT2D eigenvalue weighted by Crippen LogP contribution is -2.12. The Balaban J connectivity index is 3.14. The molecule has 1 rings (SSSR count). The topological polar surface area (TPSA) is 43.4 Å². The van der Waals surface area contributed by atoms with Crippen LogP contribution in [0.4, 0.5) is 8.78 Å². The molecule has 0 amide bonds. The third-order valence-electron chi connectivity index (χ3n) is 2.10. The van der Waals surface area contributed by atoms with Crippen LogP contribution in [0.3, 0.4) is 0 Å². The van der Waals surface area contributed by atoms with Gasteiger partial charge in [0.15, 0.2) is 17.3 Å². The van der Waals surface area contributed by atoms with Gasteiger partial charge in [0, 0.05) is 6.42 Å². The molecule has 0 heterocycles. The van der Waals surface area contributed by atoms with Gasteiger partial charge in [-0.3, -0.25) is 9.59 Å². The Morgan fingerprint density at radius 3 is 2.47 bits per heavy atom. The molecule has 17 heavy (non-hydrogen) atoms. The summed E-state index contributed by atoms with van der Waals surface area (Å²) in [5.41, 5.74) is -0.145. The van der Waals surface area contributed by atoms with Crippen molar-refractivity contribution in [2.24, 2.45) is 0 Å². The molecule has 1 aromatic carbocycles. The zero-order valence-corrected chi connectivity index (χ0v) is 9.55. The molecule has 5 heteroatoms. The molecule has 0 saturated heterocycles. The van der Waals surface area contributed by atoms with E-state index < -0.39 is 29.1 Å². The monoisotopic (exact) mass is 242 g/mol. The molecule has 0 bridgehead atoms. The van der Waals surface area contributed by atoms with E-state index in [0.29, 0.717) is 6.42 Å². The summed E-state index contributed by atoms with van der Waals surface area (Å²) in [5.74, 6) is -4.30. The lowest BCUT2D eigenvalue weighted by Gasteiger charge is -2.09. The number of benzene rings is 1. The van der Waals surface area contributed by atoms with Gasteiger partial charge >= 0.3 is 5.97 Å². The van der Waals surface area contributed by atoms with Gasteiger partial charge in [-0.05, 0) is 25.5 Å². The van der Waals surface area contributed by atoms with E-state index in [9.17, 15) is 18.4 Å². The summed E-state index contributed by atoms with van der Waals surface area (Å²) >= 11 is 0. The summed E-state index contributed by atoms with van der Waals surface area (Å²) in [6.07, 6.45) is 0.596. The smallest absolute Gasteiger partial charge is 0.311 e. The van der Waals surface area contributed by atoms with Gasteiger partial charge in [0.2, 0.25) is 5.82 Å². The largest absolute Gasteiger partial charge is 0.422 e. The first-order chi connectivity index (χ1) is 7.97. The minimum absolute atomic E-state index is 0.0767. The zero-order valence-electron chi connectivity index (χ0n) is 9.55. The quantitative estimate of drug-likeness (QED) is 0.463. The number of ketones is 1. The Morgan fingerprint density at radius 1 is 1.29 bits per heavy atom. The number of rotatable bonds is 4. The van der Waals surface area contributed by atoms with Crippen LogP contribution in [0.15, 0.2) is 12.1 Å². The van der Waals surface area contributed by atoms with Gasteiger partial charge in [-0.15, -0.1) is 0 Å². The maximum absolute atomic E-state index is 13.4. The van der Waals surface area contributed by atoms with E-state index in [4.69, 9.17) is 0 Å². The second kappa shape index (κ2) is 5.52. The molecule has 3 nitrogen and oxygen atoms in total. The van der Waals surface area contributed by atoms with Gasteiger partial charge in [-0.2, -0.15) is 4.39 Å². The van der Waals surface area contributed by atoms with Crippen LogP contribution in [0.25, 0.3) is 0 Å². The van der Waals surface area contributed by atoms with Crippen LogP contribution < -0.4 is 4.74 Å². The molecule has 0 aromatic heterocycles. The van der Waals surface area contributed by atoms with E-state index in [-0.39, 0.29) is 12.0 Å². The summed E-state index contributed by atoms with van der Waals surface area (Å²) < 4.78 is 31.1. The zero-order chi connectivity index (χ0) is 13.0. The number of esters is 1. The van der Waals surface area contributed by atoms with E-state index in [1.165, 1.54) is 6.92 Å². The van der Waals surface area contributed by atoms with E-state index in [1.807, 2.05) is 0 Å². The molecular weight excluding hydrogens is 230 g/mol. The van der Waals surface area contributed by atoms with Gasteiger partial charge in [0.05, 0.1) is 5.56 Å². The van der Waals surface area contributed by atoms with Crippen LogP contribution >= 0.6 is 0 Å². The fourth-order valence-electron chi connectivity index (χ4n) is 1.28. The number of carbonyl (C=O) groups excluding carboxylic acids is 2. The molecule has 0 aliphatic carbocycles. The molecule has 0 radical (unpaired) electrons. The van der Waals surface area contributed by atoms with Crippen molar-refractivity contribution in [3.8, 4) is 5.75 Å². The molecule has 0 spiro atoms. The Hall–Kier alpha value is -1.78. The maximum atomic E-state index is 13.4. The van der Waals surface area contributed by atoms with Gasteiger partial charge in [-0.25, -0.2) is 4.39 Å². The average molecular weight is 242 g/mol. The maximum Gasteiger partial charge on any atom is 0.311 e. The molecule has 0 fully saturated rings. The van der Waals surface area contributed by atoms with Crippen molar-refractivity contribution in [1.29, 1.82) is 0 Å². The SMILES string of the molecule is CCCC(=O)Oc1c(C(C)=O)ccc(F)c1F. The number of carbonyl (C=O) groups is 2. The number of halogens is 2. The fourth-order valence-corrected chi connectivity index (χ4v) is 1.28. The number of hydrogen-bond acceptors (Lipinski definition) is 3. The lowest BCUT2D eigenvalue weighted by molar-refractivity contribution is -0.134. The highest BCUT2D eigenvalue weighted by molar-refractivity contribution is 5.97. The summed E-state index contributed by atoms with van der Waals surface area (Å²) in [7, 11) is 0. The first-order valence-corrected chi connectivity index (χ1v) is 5.17. The standard InChI is InChI=1S/C12H12F2O3/c1-3-4-10(16)17-12-8(7(2)15)5-6-9(13)11(12)14/h5-6H,3-4H2,1-2H3. The normalized spacial score (nSPS) is 10.1. The minimum Gasteiger partial charge on any atom is -0.422 e. The van der Waals surface area contributed by atoms with Crippen LogP contribution in [-0.2, 0) is 4.79 Å². The van der Waals surface area contributed by atoms with Crippen molar-refractivity contribution in [2.45, 2.75) is 26.7 Å². The first-order valence-electron chi connectivity index (χ1n) is 5.17. The second-order valence-electron chi connectivity index (χ2n) is 3.52. The van der Waals surface area contributed by atoms with Crippen molar-refractivity contribution >= 4 is 11.8 Å². The van der Waals surface area contributed by atoms with E-state index in [1.54, 1.807) is 6.92 Å². The minimum atomic E-state index is -1.32. The van der Waals surface area contributed by atoms with Gasteiger partial charge in [0.1, 0.15) is 0 Å². The lowest BCUT2D eigenvalue weighted by atomic mass is 10.1. The van der Waals surface area contributed by atoms with Crippen molar-refractivity contribution in [3.63, 3.8) is 0 Å². The van der Waals surface area contributed by atoms with Crippen LogP contribution in [0.1, 0.15) is 37.0 Å². The van der Waals surface area contributed by atoms with Crippen LogP contribution in [-0.4, -0.2) is 11.8 Å². The predicted octanol–water partition coefficient (Wildman–Crippen LogP) is 2.87. The number of ether oxygens (including phenoxy) is 1. The van der Waals surface area contributed by atoms with Crippen LogP contribution in [0.2, 0.25) is 0 Å². The summed E-state index contributed by atoms with van der Waals surface area (Å²) in [4.78, 5) is 22.4. The Bertz CT molecular complexity index is 455. The number of hydrogen-bond donors (Lipinski definition) is 0. The van der Waals surface area contributed by atoms with Crippen molar-refractivity contribution in [2.75, 3.05) is 0 Å². The Labute approximate surface area is 97.4 Å². The third-order valence-corrected chi connectivity index (χ3v) is 2.10. The highest BCUT2D eigenvalue weighted by atomic mass is 19.2. The van der Waals surface area contributed by atoms with Crippen LogP contribution in [0, 0.1) is 11.6 Å². The van der Waals surface area contributed by atoms with Gasteiger partial charge in [-0.1, -0.05) is 6.92 Å². The Kier molecular flexibility index (Phi) is 4.31. The number of Topliss-reactive ketones (excluding diaryl/α,β-unsaturated/α-hetero) is 1. The van der Waals surface area contributed by atoms with Gasteiger partial charge in [0.25, 0.3) is 0 Å². The second-order valence-corrected chi connectivity index (χ2v) is 3.52. The van der Waals surface area contributed by atoms with Gasteiger partial charge < -0.3 is 4.74 Å². The molecular formula is C12H12F2O3. The van der Waals surface area contributed by atoms with Crippen molar-refractivity contribution in [3.05, 3.63) is 29.3 Å². The third kappa shape index (κ3) is 3.09. The molecule has 92 valence electrons. The summed E-state index contributed by atoms with van der Waals surface area (Å²) in [6, 6.07) is 1.92. The molecule has 0 atom stereocenters. The average Bonchev–Trinajstić information content (AvgIpc) is 2.25. The summed E-state index contributed by atoms with van der Waals surface area (Å²) in [6.45, 7) is 2.93. The highest BCUT2D eigenvalue weighted by Gasteiger charge is 2.20. The molecule has 0 aliphatic rings. The van der Waals surface area contributed by atoms with Crippen molar-refractivity contribution < 1.29 is 23.1 Å². The van der Waals surface area contributed by atoms with E-state index >= 15 is 0 Å². The van der Waals surface area contributed by atoms with Crippen LogP contribution in [0.5, 0.6) is 5.75 Å². The first kappa shape index (κ1) is 13.3. The highest BCUT2D eigenvalue weighted by Crippen LogP contribution is 2.26. The molecule has 0 saturated carbocycles. The molecule has 0 unspecified atom stereocenters. The molecule has 1 aromatic rings. The van der Waals surface area contributed by atoms with E-state index in [2.05, 4.69) is 4.74 Å². The summed E-state index contributed by atoms with van der Waals surface area (Å²) in [5, 5.41) is 0. The molecule has 0 aliphatic heterocycles. The Morgan fingerprint density at radius 2 is 1.94 bits per heavy atom. The molecule has 0 N–H and O–H groups in total. The fraction of sp³-hybridized carbons (Fsp3) is 0.333. The predicted molar refractivity (Wildman–Crippen MR) is 56.9 cm³/mol.